The number of benzene rings is 2. The maximum absolute atomic E-state index is 13.0. The topological polar surface area (TPSA) is 64.0 Å². The van der Waals surface area contributed by atoms with Crippen molar-refractivity contribution in [3.8, 4) is 0 Å². The Hall–Kier alpha value is -2.44. The normalized spacial score (nSPS) is 12.9. The summed E-state index contributed by atoms with van der Waals surface area (Å²) >= 11 is 0. The molecule has 1 aromatic heterocycles. The SMILES string of the molecule is Cc1ccc(S(=O)(=O)NC(c2ccccc2)c2nccn2C)c(C)c1. The lowest BCUT2D eigenvalue weighted by atomic mass is 10.1. The van der Waals surface area contributed by atoms with Crippen LogP contribution in [-0.2, 0) is 17.1 Å². The third-order valence-electron chi connectivity index (χ3n) is 4.14. The van der Waals surface area contributed by atoms with Gasteiger partial charge in [-0.15, -0.1) is 0 Å². The molecule has 0 aliphatic rings. The van der Waals surface area contributed by atoms with E-state index in [0.717, 1.165) is 16.7 Å². The van der Waals surface area contributed by atoms with Crippen LogP contribution in [0.25, 0.3) is 0 Å². The van der Waals surface area contributed by atoms with E-state index in [2.05, 4.69) is 9.71 Å². The number of hydrogen-bond acceptors (Lipinski definition) is 3. The van der Waals surface area contributed by atoms with Crippen molar-refractivity contribution in [3.05, 3.63) is 83.4 Å². The van der Waals surface area contributed by atoms with E-state index in [-0.39, 0.29) is 4.90 Å². The molecule has 0 saturated carbocycles. The van der Waals surface area contributed by atoms with E-state index in [1.165, 1.54) is 0 Å². The van der Waals surface area contributed by atoms with E-state index < -0.39 is 16.1 Å². The van der Waals surface area contributed by atoms with E-state index in [9.17, 15) is 8.42 Å². The van der Waals surface area contributed by atoms with E-state index in [0.29, 0.717) is 5.82 Å². The Labute approximate surface area is 148 Å². The van der Waals surface area contributed by atoms with E-state index >= 15 is 0 Å². The number of aryl methyl sites for hydroxylation is 3. The Morgan fingerprint density at radius 1 is 1.08 bits per heavy atom. The maximum Gasteiger partial charge on any atom is 0.241 e. The molecule has 0 radical (unpaired) electrons. The minimum absolute atomic E-state index is 0.285. The maximum atomic E-state index is 13.0. The van der Waals surface area contributed by atoms with Crippen LogP contribution in [0.3, 0.4) is 0 Å². The van der Waals surface area contributed by atoms with Crippen LogP contribution in [0.15, 0.2) is 65.8 Å². The molecule has 1 unspecified atom stereocenters. The van der Waals surface area contributed by atoms with Gasteiger partial charge in [-0.1, -0.05) is 48.0 Å². The van der Waals surface area contributed by atoms with Gasteiger partial charge in [0.25, 0.3) is 0 Å². The summed E-state index contributed by atoms with van der Waals surface area (Å²) in [5.74, 6) is 0.638. The largest absolute Gasteiger partial charge is 0.336 e. The molecule has 25 heavy (non-hydrogen) atoms. The molecule has 1 N–H and O–H groups in total. The Bertz CT molecular complexity index is 979. The molecular weight excluding hydrogens is 334 g/mol. The van der Waals surface area contributed by atoms with Gasteiger partial charge in [0, 0.05) is 19.4 Å². The van der Waals surface area contributed by atoms with Crippen molar-refractivity contribution in [1.82, 2.24) is 14.3 Å². The van der Waals surface area contributed by atoms with Crippen molar-refractivity contribution in [2.45, 2.75) is 24.8 Å². The molecule has 0 amide bonds. The lowest BCUT2D eigenvalue weighted by Gasteiger charge is -2.20. The van der Waals surface area contributed by atoms with Crippen molar-refractivity contribution in [1.29, 1.82) is 0 Å². The summed E-state index contributed by atoms with van der Waals surface area (Å²) in [6, 6.07) is 14.2. The first-order chi connectivity index (χ1) is 11.9. The molecule has 0 fully saturated rings. The monoisotopic (exact) mass is 355 g/mol. The van der Waals surface area contributed by atoms with Gasteiger partial charge < -0.3 is 4.57 Å². The molecule has 6 heteroatoms. The zero-order chi connectivity index (χ0) is 18.0. The molecule has 0 aliphatic heterocycles. The van der Waals surface area contributed by atoms with Crippen LogP contribution in [0.5, 0.6) is 0 Å². The first-order valence-electron chi connectivity index (χ1n) is 8.00. The van der Waals surface area contributed by atoms with Gasteiger partial charge in [0.1, 0.15) is 11.9 Å². The third-order valence-corrected chi connectivity index (χ3v) is 5.73. The van der Waals surface area contributed by atoms with Crippen molar-refractivity contribution < 1.29 is 8.42 Å². The smallest absolute Gasteiger partial charge is 0.241 e. The van der Waals surface area contributed by atoms with Crippen molar-refractivity contribution in [2.75, 3.05) is 0 Å². The van der Waals surface area contributed by atoms with Gasteiger partial charge in [-0.3, -0.25) is 0 Å². The lowest BCUT2D eigenvalue weighted by molar-refractivity contribution is 0.562. The van der Waals surface area contributed by atoms with Gasteiger partial charge in [-0.2, -0.15) is 4.72 Å². The van der Waals surface area contributed by atoms with E-state index in [1.807, 2.05) is 54.9 Å². The van der Waals surface area contributed by atoms with E-state index in [1.54, 1.807) is 31.5 Å². The number of aromatic nitrogens is 2. The molecule has 3 aromatic rings. The summed E-state index contributed by atoms with van der Waals surface area (Å²) in [4.78, 5) is 4.63. The number of nitrogens with one attached hydrogen (secondary N) is 1. The first kappa shape index (κ1) is 17.4. The molecule has 0 bridgehead atoms. The van der Waals surface area contributed by atoms with Crippen molar-refractivity contribution in [2.24, 2.45) is 7.05 Å². The molecular formula is C19H21N3O2S. The first-order valence-corrected chi connectivity index (χ1v) is 9.48. The summed E-state index contributed by atoms with van der Waals surface area (Å²) in [5, 5.41) is 0. The number of imidazole rings is 1. The number of sulfonamides is 1. The summed E-state index contributed by atoms with van der Waals surface area (Å²) in [7, 11) is -1.85. The predicted octanol–water partition coefficient (Wildman–Crippen LogP) is 3.10. The molecule has 130 valence electrons. The molecule has 5 nitrogen and oxygen atoms in total. The molecule has 2 aromatic carbocycles. The predicted molar refractivity (Wildman–Crippen MR) is 97.7 cm³/mol. The van der Waals surface area contributed by atoms with Crippen LogP contribution in [0.1, 0.15) is 28.6 Å². The van der Waals surface area contributed by atoms with Gasteiger partial charge in [0.05, 0.1) is 4.90 Å². The summed E-state index contributed by atoms with van der Waals surface area (Å²) < 4.78 is 30.7. The Morgan fingerprint density at radius 2 is 1.80 bits per heavy atom. The van der Waals surface area contributed by atoms with Crippen LogP contribution < -0.4 is 4.72 Å². The van der Waals surface area contributed by atoms with Crippen molar-refractivity contribution in [3.63, 3.8) is 0 Å². The summed E-state index contributed by atoms with van der Waals surface area (Å²) in [6.45, 7) is 3.75. The van der Waals surface area contributed by atoms with Gasteiger partial charge >= 0.3 is 0 Å². The van der Waals surface area contributed by atoms with Crippen LogP contribution >= 0.6 is 0 Å². The highest BCUT2D eigenvalue weighted by molar-refractivity contribution is 7.89. The van der Waals surface area contributed by atoms with E-state index in [4.69, 9.17) is 0 Å². The second kappa shape index (κ2) is 6.82. The number of hydrogen-bond donors (Lipinski definition) is 1. The third kappa shape index (κ3) is 3.65. The molecule has 1 atom stereocenters. The Morgan fingerprint density at radius 3 is 2.40 bits per heavy atom. The fourth-order valence-electron chi connectivity index (χ4n) is 2.89. The molecule has 3 rings (SSSR count). The van der Waals surface area contributed by atoms with Crippen LogP contribution in [0.2, 0.25) is 0 Å². The zero-order valence-corrected chi connectivity index (χ0v) is 15.3. The molecule has 0 aliphatic carbocycles. The van der Waals surface area contributed by atoms with Crippen LogP contribution in [0.4, 0.5) is 0 Å². The molecule has 0 spiro atoms. The fourth-order valence-corrected chi connectivity index (χ4v) is 4.30. The Kier molecular flexibility index (Phi) is 4.74. The lowest BCUT2D eigenvalue weighted by Crippen LogP contribution is -2.31. The van der Waals surface area contributed by atoms with Crippen LogP contribution in [-0.4, -0.2) is 18.0 Å². The second-order valence-corrected chi connectivity index (χ2v) is 7.81. The van der Waals surface area contributed by atoms with Gasteiger partial charge in [0.2, 0.25) is 10.0 Å². The minimum Gasteiger partial charge on any atom is -0.336 e. The Balaban J connectivity index is 2.05. The average Bonchev–Trinajstić information content (AvgIpc) is 2.99. The highest BCUT2D eigenvalue weighted by atomic mass is 32.2. The second-order valence-electron chi connectivity index (χ2n) is 6.13. The van der Waals surface area contributed by atoms with Gasteiger partial charge in [0.15, 0.2) is 0 Å². The summed E-state index contributed by atoms with van der Waals surface area (Å²) in [6.07, 6.45) is 3.47. The zero-order valence-electron chi connectivity index (χ0n) is 14.5. The highest BCUT2D eigenvalue weighted by Crippen LogP contribution is 2.24. The van der Waals surface area contributed by atoms with Gasteiger partial charge in [-0.25, -0.2) is 13.4 Å². The highest BCUT2D eigenvalue weighted by Gasteiger charge is 2.26. The van der Waals surface area contributed by atoms with Crippen LogP contribution in [0, 0.1) is 13.8 Å². The average molecular weight is 355 g/mol. The molecule has 0 saturated heterocycles. The number of rotatable bonds is 5. The minimum atomic E-state index is -3.70. The quantitative estimate of drug-likeness (QED) is 0.765. The number of nitrogens with zero attached hydrogens (tertiary/aromatic N) is 2. The van der Waals surface area contributed by atoms with Gasteiger partial charge in [-0.05, 0) is 31.0 Å². The summed E-state index contributed by atoms with van der Waals surface area (Å²) in [5.41, 5.74) is 2.59. The standard InChI is InChI=1S/C19H21N3O2S/c1-14-9-10-17(15(2)13-14)25(23,24)21-18(16-7-5-4-6-8-16)19-20-11-12-22(19)3/h4-13,18,21H,1-3H3. The van der Waals surface area contributed by atoms with Crippen molar-refractivity contribution >= 4 is 10.0 Å². The fraction of sp³-hybridized carbons (Fsp3) is 0.211. The molecule has 1 heterocycles.